The van der Waals surface area contributed by atoms with Gasteiger partial charge in [0.25, 0.3) is 0 Å². The molecule has 2 heterocycles. The highest BCUT2D eigenvalue weighted by molar-refractivity contribution is 5.27. The highest BCUT2D eigenvalue weighted by Gasteiger charge is 2.07. The molecule has 0 saturated heterocycles. The molecule has 2 rings (SSSR count). The van der Waals surface area contributed by atoms with Crippen molar-refractivity contribution in [2.45, 2.75) is 19.9 Å². The molecule has 0 aliphatic carbocycles. The number of likely N-dealkylation sites (N-methyl/N-ethyl adjacent to an activating group) is 1. The first-order chi connectivity index (χ1) is 9.15. The zero-order valence-corrected chi connectivity index (χ0v) is 11.4. The number of rotatable bonds is 5. The van der Waals surface area contributed by atoms with Gasteiger partial charge in [0.05, 0.1) is 5.69 Å². The molecule has 0 aliphatic rings. The standard InChI is InChI=1S/C15H19N3O/c1-12-3-4-15(19)14(17-12)11-18(2)10-7-13-5-8-16-9-6-13/h3-6,8-9,19H,7,10-11H2,1-2H3. The average Bonchev–Trinajstić information content (AvgIpc) is 2.42. The third-order valence-electron chi connectivity index (χ3n) is 3.04. The van der Waals surface area contributed by atoms with Gasteiger partial charge in [0.1, 0.15) is 5.75 Å². The summed E-state index contributed by atoms with van der Waals surface area (Å²) in [6.07, 6.45) is 4.58. The maximum atomic E-state index is 9.77. The van der Waals surface area contributed by atoms with Crippen LogP contribution >= 0.6 is 0 Å². The van der Waals surface area contributed by atoms with Crippen LogP contribution in [-0.4, -0.2) is 33.6 Å². The van der Waals surface area contributed by atoms with Crippen molar-refractivity contribution in [3.05, 3.63) is 53.6 Å². The first-order valence-corrected chi connectivity index (χ1v) is 6.38. The summed E-state index contributed by atoms with van der Waals surface area (Å²) in [6, 6.07) is 7.57. The van der Waals surface area contributed by atoms with Crippen molar-refractivity contribution in [1.29, 1.82) is 0 Å². The van der Waals surface area contributed by atoms with Crippen molar-refractivity contribution in [1.82, 2.24) is 14.9 Å². The molecule has 100 valence electrons. The molecular weight excluding hydrogens is 238 g/mol. The smallest absolute Gasteiger partial charge is 0.138 e. The van der Waals surface area contributed by atoms with Gasteiger partial charge in [-0.3, -0.25) is 9.97 Å². The Morgan fingerprint density at radius 2 is 1.89 bits per heavy atom. The normalized spacial score (nSPS) is 10.9. The molecule has 0 aliphatic heterocycles. The minimum atomic E-state index is 0.265. The van der Waals surface area contributed by atoms with Crippen molar-refractivity contribution in [3.63, 3.8) is 0 Å². The van der Waals surface area contributed by atoms with Crippen molar-refractivity contribution in [3.8, 4) is 5.75 Å². The van der Waals surface area contributed by atoms with E-state index in [9.17, 15) is 5.11 Å². The molecule has 4 nitrogen and oxygen atoms in total. The number of aromatic nitrogens is 2. The molecule has 0 unspecified atom stereocenters. The van der Waals surface area contributed by atoms with E-state index in [4.69, 9.17) is 0 Å². The summed E-state index contributed by atoms with van der Waals surface area (Å²) in [5.41, 5.74) is 2.93. The van der Waals surface area contributed by atoms with Crippen LogP contribution in [0.4, 0.5) is 0 Å². The Morgan fingerprint density at radius 1 is 1.16 bits per heavy atom. The van der Waals surface area contributed by atoms with Gasteiger partial charge >= 0.3 is 0 Å². The van der Waals surface area contributed by atoms with Crippen LogP contribution in [0.1, 0.15) is 17.0 Å². The molecule has 0 bridgehead atoms. The maximum absolute atomic E-state index is 9.77. The zero-order valence-electron chi connectivity index (χ0n) is 11.4. The minimum Gasteiger partial charge on any atom is -0.506 e. The maximum Gasteiger partial charge on any atom is 0.138 e. The lowest BCUT2D eigenvalue weighted by Gasteiger charge is -2.17. The summed E-state index contributed by atoms with van der Waals surface area (Å²) < 4.78 is 0. The molecule has 2 aromatic rings. The van der Waals surface area contributed by atoms with E-state index in [0.717, 1.165) is 24.4 Å². The summed E-state index contributed by atoms with van der Waals surface area (Å²) in [4.78, 5) is 10.5. The van der Waals surface area contributed by atoms with Gasteiger partial charge in [0.15, 0.2) is 0 Å². The van der Waals surface area contributed by atoms with Gasteiger partial charge in [0.2, 0.25) is 0 Å². The lowest BCUT2D eigenvalue weighted by atomic mass is 10.2. The highest BCUT2D eigenvalue weighted by Crippen LogP contribution is 2.16. The van der Waals surface area contributed by atoms with Gasteiger partial charge in [-0.05, 0) is 50.2 Å². The second-order valence-electron chi connectivity index (χ2n) is 4.76. The van der Waals surface area contributed by atoms with E-state index < -0.39 is 0 Å². The van der Waals surface area contributed by atoms with E-state index in [-0.39, 0.29) is 5.75 Å². The van der Waals surface area contributed by atoms with E-state index in [0.29, 0.717) is 6.54 Å². The second-order valence-corrected chi connectivity index (χ2v) is 4.76. The molecule has 0 aromatic carbocycles. The van der Waals surface area contributed by atoms with E-state index in [1.54, 1.807) is 6.07 Å². The van der Waals surface area contributed by atoms with Crippen LogP contribution in [0.15, 0.2) is 36.7 Å². The number of aryl methyl sites for hydroxylation is 1. The number of pyridine rings is 2. The van der Waals surface area contributed by atoms with Crippen LogP contribution in [0, 0.1) is 6.92 Å². The molecule has 0 atom stereocenters. The number of nitrogens with zero attached hydrogens (tertiary/aromatic N) is 3. The first-order valence-electron chi connectivity index (χ1n) is 6.38. The first kappa shape index (κ1) is 13.5. The second kappa shape index (κ2) is 6.29. The predicted octanol–water partition coefficient (Wildman–Crippen LogP) is 2.17. The molecule has 2 aromatic heterocycles. The van der Waals surface area contributed by atoms with Gasteiger partial charge in [-0.1, -0.05) is 0 Å². The van der Waals surface area contributed by atoms with E-state index >= 15 is 0 Å². The molecule has 0 fully saturated rings. The lowest BCUT2D eigenvalue weighted by Crippen LogP contribution is -2.21. The van der Waals surface area contributed by atoms with Gasteiger partial charge in [-0.2, -0.15) is 0 Å². The SMILES string of the molecule is Cc1ccc(O)c(CN(C)CCc2ccncc2)n1. The largest absolute Gasteiger partial charge is 0.506 e. The fraction of sp³-hybridized carbons (Fsp3) is 0.333. The fourth-order valence-corrected chi connectivity index (χ4v) is 1.92. The molecular formula is C15H19N3O. The molecule has 0 amide bonds. The van der Waals surface area contributed by atoms with Crippen molar-refractivity contribution >= 4 is 0 Å². The van der Waals surface area contributed by atoms with Gasteiger partial charge in [0, 0.05) is 31.2 Å². The van der Waals surface area contributed by atoms with E-state index in [1.165, 1.54) is 5.56 Å². The van der Waals surface area contributed by atoms with Crippen molar-refractivity contribution in [2.24, 2.45) is 0 Å². The summed E-state index contributed by atoms with van der Waals surface area (Å²) in [5, 5.41) is 9.77. The van der Waals surface area contributed by atoms with Crippen molar-refractivity contribution in [2.75, 3.05) is 13.6 Å². The topological polar surface area (TPSA) is 49.2 Å². The molecule has 1 N–H and O–H groups in total. The van der Waals surface area contributed by atoms with E-state index in [2.05, 4.69) is 14.9 Å². The predicted molar refractivity (Wildman–Crippen MR) is 74.9 cm³/mol. The van der Waals surface area contributed by atoms with Crippen LogP contribution in [0.2, 0.25) is 0 Å². The number of aromatic hydroxyl groups is 1. The van der Waals surface area contributed by atoms with E-state index in [1.807, 2.05) is 44.6 Å². The molecule has 0 saturated carbocycles. The third kappa shape index (κ3) is 4.03. The summed E-state index contributed by atoms with van der Waals surface area (Å²) in [5.74, 6) is 0.265. The van der Waals surface area contributed by atoms with Crippen molar-refractivity contribution < 1.29 is 5.11 Å². The van der Waals surface area contributed by atoms with Crippen LogP contribution in [-0.2, 0) is 13.0 Å². The summed E-state index contributed by atoms with van der Waals surface area (Å²) >= 11 is 0. The molecule has 0 spiro atoms. The number of hydrogen-bond donors (Lipinski definition) is 1. The van der Waals surface area contributed by atoms with Crippen LogP contribution in [0.3, 0.4) is 0 Å². The molecule has 4 heteroatoms. The zero-order chi connectivity index (χ0) is 13.7. The Labute approximate surface area is 113 Å². The van der Waals surface area contributed by atoms with Crippen LogP contribution in [0.5, 0.6) is 5.75 Å². The third-order valence-corrected chi connectivity index (χ3v) is 3.04. The summed E-state index contributed by atoms with van der Waals surface area (Å²) in [6.45, 7) is 3.50. The fourth-order valence-electron chi connectivity index (χ4n) is 1.92. The Kier molecular flexibility index (Phi) is 4.47. The Morgan fingerprint density at radius 3 is 2.63 bits per heavy atom. The highest BCUT2D eigenvalue weighted by atomic mass is 16.3. The Bertz CT molecular complexity index is 528. The minimum absolute atomic E-state index is 0.265. The molecule has 19 heavy (non-hydrogen) atoms. The number of hydrogen-bond acceptors (Lipinski definition) is 4. The average molecular weight is 257 g/mol. The summed E-state index contributed by atoms with van der Waals surface area (Å²) in [7, 11) is 2.03. The monoisotopic (exact) mass is 257 g/mol. The van der Waals surface area contributed by atoms with Crippen LogP contribution in [0.25, 0.3) is 0 Å². The quantitative estimate of drug-likeness (QED) is 0.891. The van der Waals surface area contributed by atoms with Gasteiger partial charge in [-0.25, -0.2) is 0 Å². The Hall–Kier alpha value is -1.94. The van der Waals surface area contributed by atoms with Crippen LogP contribution < -0.4 is 0 Å². The Balaban J connectivity index is 1.90. The molecule has 0 radical (unpaired) electrons. The van der Waals surface area contributed by atoms with Gasteiger partial charge in [-0.15, -0.1) is 0 Å². The van der Waals surface area contributed by atoms with Gasteiger partial charge < -0.3 is 10.0 Å². The lowest BCUT2D eigenvalue weighted by molar-refractivity contribution is 0.319.